The highest BCUT2D eigenvalue weighted by Gasteiger charge is 2.17. The maximum absolute atomic E-state index is 11.3. The van der Waals surface area contributed by atoms with Gasteiger partial charge < -0.3 is 9.47 Å². The SMILES string of the molecule is CCCCOC(=O)C(CC)OCC. The van der Waals surface area contributed by atoms with Gasteiger partial charge in [-0.05, 0) is 19.8 Å². The second-order valence-electron chi connectivity index (χ2n) is 2.87. The third-order valence-corrected chi connectivity index (χ3v) is 1.74. The molecule has 0 aromatic rings. The van der Waals surface area contributed by atoms with Crippen molar-refractivity contribution in [3.63, 3.8) is 0 Å². The first-order valence-corrected chi connectivity index (χ1v) is 5.04. The topological polar surface area (TPSA) is 35.5 Å². The highest BCUT2D eigenvalue weighted by molar-refractivity contribution is 5.74. The van der Waals surface area contributed by atoms with Crippen LogP contribution in [-0.4, -0.2) is 25.3 Å². The molecule has 0 aliphatic heterocycles. The Hall–Kier alpha value is -0.570. The van der Waals surface area contributed by atoms with Gasteiger partial charge in [-0.25, -0.2) is 4.79 Å². The van der Waals surface area contributed by atoms with Gasteiger partial charge in [0.15, 0.2) is 6.10 Å². The number of carbonyl (C=O) groups excluding carboxylic acids is 1. The highest BCUT2D eigenvalue weighted by Crippen LogP contribution is 2.01. The van der Waals surface area contributed by atoms with Gasteiger partial charge in [-0.1, -0.05) is 20.3 Å². The smallest absolute Gasteiger partial charge is 0.335 e. The Kier molecular flexibility index (Phi) is 7.69. The van der Waals surface area contributed by atoms with Crippen molar-refractivity contribution in [1.29, 1.82) is 0 Å². The highest BCUT2D eigenvalue weighted by atomic mass is 16.6. The lowest BCUT2D eigenvalue weighted by atomic mass is 10.3. The van der Waals surface area contributed by atoms with Crippen LogP contribution in [0.1, 0.15) is 40.0 Å². The van der Waals surface area contributed by atoms with E-state index in [1.54, 1.807) is 0 Å². The van der Waals surface area contributed by atoms with Crippen LogP contribution in [0.25, 0.3) is 0 Å². The molecule has 0 aromatic carbocycles. The van der Waals surface area contributed by atoms with Gasteiger partial charge in [0.1, 0.15) is 0 Å². The van der Waals surface area contributed by atoms with Crippen molar-refractivity contribution in [2.75, 3.05) is 13.2 Å². The number of unbranched alkanes of at least 4 members (excludes halogenated alkanes) is 1. The molecule has 3 nitrogen and oxygen atoms in total. The fourth-order valence-corrected chi connectivity index (χ4v) is 0.964. The Bertz CT molecular complexity index is 134. The van der Waals surface area contributed by atoms with Crippen LogP contribution in [0.2, 0.25) is 0 Å². The summed E-state index contributed by atoms with van der Waals surface area (Å²) in [5, 5.41) is 0. The summed E-state index contributed by atoms with van der Waals surface area (Å²) in [4.78, 5) is 11.3. The van der Waals surface area contributed by atoms with Gasteiger partial charge in [-0.2, -0.15) is 0 Å². The zero-order valence-corrected chi connectivity index (χ0v) is 8.84. The molecule has 0 aliphatic rings. The molecule has 0 aliphatic carbocycles. The second-order valence-corrected chi connectivity index (χ2v) is 2.87. The summed E-state index contributed by atoms with van der Waals surface area (Å²) in [6.45, 7) is 6.93. The fourth-order valence-electron chi connectivity index (χ4n) is 0.964. The fraction of sp³-hybridized carbons (Fsp3) is 0.900. The van der Waals surface area contributed by atoms with Crippen molar-refractivity contribution < 1.29 is 14.3 Å². The predicted molar refractivity (Wildman–Crippen MR) is 51.6 cm³/mol. The van der Waals surface area contributed by atoms with Crippen molar-refractivity contribution in [2.45, 2.75) is 46.1 Å². The van der Waals surface area contributed by atoms with Crippen LogP contribution >= 0.6 is 0 Å². The monoisotopic (exact) mass is 188 g/mol. The van der Waals surface area contributed by atoms with E-state index in [9.17, 15) is 4.79 Å². The predicted octanol–water partition coefficient (Wildman–Crippen LogP) is 2.14. The van der Waals surface area contributed by atoms with Gasteiger partial charge >= 0.3 is 5.97 Å². The summed E-state index contributed by atoms with van der Waals surface area (Å²) in [5.41, 5.74) is 0. The van der Waals surface area contributed by atoms with Gasteiger partial charge in [-0.15, -0.1) is 0 Å². The molecule has 13 heavy (non-hydrogen) atoms. The number of carbonyl (C=O) groups is 1. The molecule has 0 fully saturated rings. The van der Waals surface area contributed by atoms with E-state index in [-0.39, 0.29) is 12.1 Å². The Morgan fingerprint density at radius 1 is 1.31 bits per heavy atom. The van der Waals surface area contributed by atoms with Crippen molar-refractivity contribution in [1.82, 2.24) is 0 Å². The molecule has 0 amide bonds. The van der Waals surface area contributed by atoms with Crippen molar-refractivity contribution in [2.24, 2.45) is 0 Å². The van der Waals surface area contributed by atoms with E-state index in [1.807, 2.05) is 13.8 Å². The Labute approximate surface area is 80.4 Å². The van der Waals surface area contributed by atoms with Crippen LogP contribution in [0.15, 0.2) is 0 Å². The van der Waals surface area contributed by atoms with Gasteiger partial charge in [-0.3, -0.25) is 0 Å². The van der Waals surface area contributed by atoms with E-state index in [0.29, 0.717) is 19.6 Å². The number of rotatable bonds is 7. The molecule has 0 saturated heterocycles. The quantitative estimate of drug-likeness (QED) is 0.453. The maximum atomic E-state index is 11.3. The average Bonchev–Trinajstić information content (AvgIpc) is 2.14. The van der Waals surface area contributed by atoms with Crippen LogP contribution in [0.4, 0.5) is 0 Å². The minimum Gasteiger partial charge on any atom is -0.464 e. The molecule has 1 atom stereocenters. The summed E-state index contributed by atoms with van der Waals surface area (Å²) in [6.07, 6.45) is 2.27. The van der Waals surface area contributed by atoms with Crippen LogP contribution < -0.4 is 0 Å². The van der Waals surface area contributed by atoms with Crippen LogP contribution in [-0.2, 0) is 14.3 Å². The van der Waals surface area contributed by atoms with Gasteiger partial charge in [0, 0.05) is 6.61 Å². The van der Waals surface area contributed by atoms with E-state index in [2.05, 4.69) is 6.92 Å². The Morgan fingerprint density at radius 2 is 2.00 bits per heavy atom. The third-order valence-electron chi connectivity index (χ3n) is 1.74. The number of hydrogen-bond donors (Lipinski definition) is 0. The summed E-state index contributed by atoms with van der Waals surface area (Å²) >= 11 is 0. The van der Waals surface area contributed by atoms with E-state index in [1.165, 1.54) is 0 Å². The van der Waals surface area contributed by atoms with E-state index in [0.717, 1.165) is 12.8 Å². The Balaban J connectivity index is 3.64. The zero-order chi connectivity index (χ0) is 10.1. The molecular formula is C10H20O3. The van der Waals surface area contributed by atoms with Crippen LogP contribution in [0.5, 0.6) is 0 Å². The van der Waals surface area contributed by atoms with Crippen molar-refractivity contribution in [3.8, 4) is 0 Å². The lowest BCUT2D eigenvalue weighted by Crippen LogP contribution is -2.26. The van der Waals surface area contributed by atoms with Gasteiger partial charge in [0.05, 0.1) is 6.61 Å². The molecule has 0 aromatic heterocycles. The first kappa shape index (κ1) is 12.4. The second kappa shape index (κ2) is 8.05. The maximum Gasteiger partial charge on any atom is 0.335 e. The molecule has 0 spiro atoms. The molecule has 3 heteroatoms. The van der Waals surface area contributed by atoms with Crippen molar-refractivity contribution >= 4 is 5.97 Å². The molecule has 0 N–H and O–H groups in total. The first-order chi connectivity index (χ1) is 6.26. The molecule has 78 valence electrons. The standard InChI is InChI=1S/C10H20O3/c1-4-7-8-13-10(11)9(5-2)12-6-3/h9H,4-8H2,1-3H3. The van der Waals surface area contributed by atoms with E-state index >= 15 is 0 Å². The lowest BCUT2D eigenvalue weighted by Gasteiger charge is -2.13. The molecule has 0 radical (unpaired) electrons. The van der Waals surface area contributed by atoms with Crippen LogP contribution in [0.3, 0.4) is 0 Å². The van der Waals surface area contributed by atoms with E-state index in [4.69, 9.17) is 9.47 Å². The summed E-state index contributed by atoms with van der Waals surface area (Å²) in [5.74, 6) is -0.224. The molecule has 1 unspecified atom stereocenters. The molecule has 0 saturated carbocycles. The molecule has 0 bridgehead atoms. The van der Waals surface area contributed by atoms with Gasteiger partial charge in [0.2, 0.25) is 0 Å². The first-order valence-electron chi connectivity index (χ1n) is 5.04. The number of hydrogen-bond acceptors (Lipinski definition) is 3. The number of ether oxygens (including phenoxy) is 2. The normalized spacial score (nSPS) is 12.5. The third kappa shape index (κ3) is 5.64. The minimum absolute atomic E-state index is 0.224. The largest absolute Gasteiger partial charge is 0.464 e. The van der Waals surface area contributed by atoms with Crippen molar-refractivity contribution in [3.05, 3.63) is 0 Å². The molecule has 0 heterocycles. The van der Waals surface area contributed by atoms with E-state index < -0.39 is 0 Å². The average molecular weight is 188 g/mol. The van der Waals surface area contributed by atoms with Crippen LogP contribution in [0, 0.1) is 0 Å². The minimum atomic E-state index is -0.373. The zero-order valence-electron chi connectivity index (χ0n) is 8.84. The summed E-state index contributed by atoms with van der Waals surface area (Å²) in [6, 6.07) is 0. The molecular weight excluding hydrogens is 168 g/mol. The number of esters is 1. The lowest BCUT2D eigenvalue weighted by molar-refractivity contribution is -0.157. The Morgan fingerprint density at radius 3 is 2.46 bits per heavy atom. The summed E-state index contributed by atoms with van der Waals surface area (Å²) < 4.78 is 10.2. The van der Waals surface area contributed by atoms with Gasteiger partial charge in [0.25, 0.3) is 0 Å². The summed E-state index contributed by atoms with van der Waals surface area (Å²) in [7, 11) is 0. The molecule has 0 rings (SSSR count).